The van der Waals surface area contributed by atoms with Crippen molar-refractivity contribution in [1.82, 2.24) is 4.90 Å². The van der Waals surface area contributed by atoms with Crippen molar-refractivity contribution in [2.24, 2.45) is 11.8 Å². The monoisotopic (exact) mass is 469 g/mol. The predicted molar refractivity (Wildman–Crippen MR) is 133 cm³/mol. The highest BCUT2D eigenvalue weighted by molar-refractivity contribution is 6.30. The van der Waals surface area contributed by atoms with Gasteiger partial charge < -0.3 is 14.4 Å². The minimum atomic E-state index is -0.153. The molecule has 1 amide bonds. The molecule has 178 valence electrons. The van der Waals surface area contributed by atoms with Gasteiger partial charge in [-0.25, -0.2) is 0 Å². The number of rotatable bonds is 6. The van der Waals surface area contributed by atoms with Gasteiger partial charge in [0, 0.05) is 11.1 Å². The molecule has 0 aromatic heterocycles. The maximum Gasteiger partial charge on any atom is 0.228 e. The first-order valence-corrected chi connectivity index (χ1v) is 12.6. The molecule has 0 spiro atoms. The van der Waals surface area contributed by atoms with Crippen LogP contribution in [0.15, 0.2) is 36.4 Å². The van der Waals surface area contributed by atoms with Crippen molar-refractivity contribution in [3.8, 4) is 11.5 Å². The maximum absolute atomic E-state index is 13.6. The summed E-state index contributed by atoms with van der Waals surface area (Å²) in [5.41, 5.74) is 3.22. The fraction of sp³-hybridized carbons (Fsp3) is 0.536. The summed E-state index contributed by atoms with van der Waals surface area (Å²) >= 11 is 6.22. The lowest BCUT2D eigenvalue weighted by molar-refractivity contribution is -0.137. The molecule has 1 aliphatic carbocycles. The lowest BCUT2D eigenvalue weighted by Gasteiger charge is -2.45. The minimum Gasteiger partial charge on any atom is -0.493 e. The van der Waals surface area contributed by atoms with Crippen LogP contribution in [0.5, 0.6) is 11.5 Å². The van der Waals surface area contributed by atoms with Gasteiger partial charge in [0.2, 0.25) is 5.91 Å². The third kappa shape index (κ3) is 5.01. The molecule has 0 saturated heterocycles. The first kappa shape index (κ1) is 23.9. The van der Waals surface area contributed by atoms with E-state index in [9.17, 15) is 4.79 Å². The van der Waals surface area contributed by atoms with Gasteiger partial charge in [0.25, 0.3) is 0 Å². The smallest absolute Gasteiger partial charge is 0.228 e. The summed E-state index contributed by atoms with van der Waals surface area (Å²) in [6, 6.07) is 12.1. The fourth-order valence-corrected chi connectivity index (χ4v) is 5.65. The highest BCUT2D eigenvalue weighted by Gasteiger charge is 2.40. The van der Waals surface area contributed by atoms with E-state index < -0.39 is 0 Å². The lowest BCUT2D eigenvalue weighted by atomic mass is 9.77. The second-order valence-electron chi connectivity index (χ2n) is 10.1. The summed E-state index contributed by atoms with van der Waals surface area (Å²) in [4.78, 5) is 15.8. The van der Waals surface area contributed by atoms with E-state index in [0.29, 0.717) is 23.1 Å². The third-order valence-corrected chi connectivity index (χ3v) is 7.51. The molecule has 0 bridgehead atoms. The molecular formula is C28H36ClNO3. The van der Waals surface area contributed by atoms with Gasteiger partial charge >= 0.3 is 0 Å². The molecule has 0 N–H and O–H groups in total. The molecule has 4 rings (SSSR count). The summed E-state index contributed by atoms with van der Waals surface area (Å²) in [5, 5.41) is 0.698. The van der Waals surface area contributed by atoms with Crippen molar-refractivity contribution >= 4 is 17.5 Å². The molecule has 1 fully saturated rings. The van der Waals surface area contributed by atoms with E-state index in [2.05, 4.69) is 36.9 Å². The molecule has 2 aromatic rings. The number of amides is 1. The Labute approximate surface area is 203 Å². The van der Waals surface area contributed by atoms with Crippen molar-refractivity contribution in [2.45, 2.75) is 78.0 Å². The number of nitrogens with zero attached hydrogens (tertiary/aromatic N) is 1. The van der Waals surface area contributed by atoms with Crippen LogP contribution in [0.2, 0.25) is 5.02 Å². The van der Waals surface area contributed by atoms with Crippen LogP contribution in [0.25, 0.3) is 0 Å². The number of carbonyl (C=O) groups is 1. The van der Waals surface area contributed by atoms with Crippen LogP contribution in [-0.2, 0) is 11.2 Å². The van der Waals surface area contributed by atoms with Crippen molar-refractivity contribution < 1.29 is 14.3 Å². The zero-order valence-electron chi connectivity index (χ0n) is 20.4. The Morgan fingerprint density at radius 2 is 1.64 bits per heavy atom. The fourth-order valence-electron chi connectivity index (χ4n) is 5.53. The summed E-state index contributed by atoms with van der Waals surface area (Å²) in [6.07, 6.45) is 4.88. The number of benzene rings is 2. The Hall–Kier alpha value is -2.20. The third-order valence-electron chi connectivity index (χ3n) is 7.25. The van der Waals surface area contributed by atoms with Gasteiger partial charge in [-0.05, 0) is 92.3 Å². The van der Waals surface area contributed by atoms with Crippen molar-refractivity contribution in [1.29, 1.82) is 0 Å². The van der Waals surface area contributed by atoms with Crippen molar-refractivity contribution in [3.05, 3.63) is 58.1 Å². The zero-order valence-corrected chi connectivity index (χ0v) is 21.2. The standard InChI is InChI=1S/C28H36ClNO3/c1-17(2)19-8-12-23(13-9-19)30-27(31)15-21-14-25(32-5)26(33-18(3)4)16-24(21)28(30)20-6-10-22(29)11-7-20/h6-7,10-11,14,16-19,23,28H,8-9,12-13,15H2,1-5H3. The molecule has 5 heteroatoms. The highest BCUT2D eigenvalue weighted by Crippen LogP contribution is 2.45. The second-order valence-corrected chi connectivity index (χ2v) is 10.5. The Balaban J connectivity index is 1.78. The summed E-state index contributed by atoms with van der Waals surface area (Å²) in [7, 11) is 1.65. The van der Waals surface area contributed by atoms with E-state index in [1.165, 1.54) is 12.8 Å². The average molecular weight is 470 g/mol. The summed E-state index contributed by atoms with van der Waals surface area (Å²) < 4.78 is 11.7. The average Bonchev–Trinajstić information content (AvgIpc) is 2.78. The lowest BCUT2D eigenvalue weighted by Crippen LogP contribution is -2.48. The summed E-state index contributed by atoms with van der Waals surface area (Å²) in [6.45, 7) is 8.65. The van der Waals surface area contributed by atoms with E-state index in [1.54, 1.807) is 7.11 Å². The van der Waals surface area contributed by atoms with Gasteiger partial charge in [0.05, 0.1) is 25.7 Å². The van der Waals surface area contributed by atoms with Gasteiger partial charge in [0.1, 0.15) is 0 Å². The van der Waals surface area contributed by atoms with Crippen molar-refractivity contribution in [3.63, 3.8) is 0 Å². The maximum atomic E-state index is 13.6. The largest absolute Gasteiger partial charge is 0.493 e. The number of hydrogen-bond donors (Lipinski definition) is 0. The Morgan fingerprint density at radius 1 is 0.970 bits per heavy atom. The van der Waals surface area contributed by atoms with Crippen LogP contribution in [-0.4, -0.2) is 30.1 Å². The van der Waals surface area contributed by atoms with E-state index in [0.717, 1.165) is 41.2 Å². The second kappa shape index (κ2) is 9.97. The van der Waals surface area contributed by atoms with Crippen molar-refractivity contribution in [2.75, 3.05) is 7.11 Å². The van der Waals surface area contributed by atoms with Gasteiger partial charge in [0.15, 0.2) is 11.5 Å². The SMILES string of the molecule is COc1cc2c(cc1OC(C)C)C(c1ccc(Cl)cc1)N(C1CCC(C(C)C)CC1)C(=O)C2. The Morgan fingerprint density at radius 3 is 2.21 bits per heavy atom. The molecule has 33 heavy (non-hydrogen) atoms. The summed E-state index contributed by atoms with van der Waals surface area (Å²) in [5.74, 6) is 3.03. The normalized spacial score (nSPS) is 23.1. The van der Waals surface area contributed by atoms with E-state index >= 15 is 0 Å². The number of methoxy groups -OCH3 is 1. The van der Waals surface area contributed by atoms with Gasteiger partial charge in [-0.2, -0.15) is 0 Å². The van der Waals surface area contributed by atoms with Crippen LogP contribution >= 0.6 is 11.6 Å². The first-order chi connectivity index (χ1) is 15.8. The quantitative estimate of drug-likeness (QED) is 0.465. The molecular weight excluding hydrogens is 434 g/mol. The molecule has 2 aliphatic rings. The van der Waals surface area contributed by atoms with Gasteiger partial charge in [-0.3, -0.25) is 4.79 Å². The van der Waals surface area contributed by atoms with Crippen LogP contribution in [0.4, 0.5) is 0 Å². The molecule has 1 unspecified atom stereocenters. The van der Waals surface area contributed by atoms with Crippen LogP contribution in [0, 0.1) is 11.8 Å². The molecule has 1 aliphatic heterocycles. The van der Waals surface area contributed by atoms with E-state index in [-0.39, 0.29) is 24.1 Å². The minimum absolute atomic E-state index is 0.0265. The van der Waals surface area contributed by atoms with Crippen LogP contribution < -0.4 is 9.47 Å². The van der Waals surface area contributed by atoms with E-state index in [1.807, 2.05) is 32.0 Å². The number of carbonyl (C=O) groups excluding carboxylic acids is 1. The molecule has 1 heterocycles. The number of fused-ring (bicyclic) bond motifs is 1. The number of ether oxygens (including phenoxy) is 2. The molecule has 1 saturated carbocycles. The Bertz CT molecular complexity index is 977. The highest BCUT2D eigenvalue weighted by atomic mass is 35.5. The molecule has 1 atom stereocenters. The molecule has 4 nitrogen and oxygen atoms in total. The topological polar surface area (TPSA) is 38.8 Å². The van der Waals surface area contributed by atoms with Gasteiger partial charge in [-0.1, -0.05) is 37.6 Å². The van der Waals surface area contributed by atoms with Crippen LogP contribution in [0.3, 0.4) is 0 Å². The van der Waals surface area contributed by atoms with Gasteiger partial charge in [-0.15, -0.1) is 0 Å². The molecule has 0 radical (unpaired) electrons. The van der Waals surface area contributed by atoms with Crippen LogP contribution in [0.1, 0.15) is 76.1 Å². The first-order valence-electron chi connectivity index (χ1n) is 12.2. The Kier molecular flexibility index (Phi) is 7.23. The van der Waals surface area contributed by atoms with E-state index in [4.69, 9.17) is 21.1 Å². The number of hydrogen-bond acceptors (Lipinski definition) is 3. The predicted octanol–water partition coefficient (Wildman–Crippen LogP) is 6.82. The number of halogens is 1. The zero-order chi connectivity index (χ0) is 23.7. The molecule has 2 aromatic carbocycles.